The highest BCUT2D eigenvalue weighted by Gasteiger charge is 2.28. The molecule has 1 aliphatic heterocycles. The fraction of sp³-hybridized carbons (Fsp3) is 0.500. The molecule has 4 nitrogen and oxygen atoms in total. The van der Waals surface area contributed by atoms with Crippen molar-refractivity contribution in [1.29, 1.82) is 0 Å². The quantitative estimate of drug-likeness (QED) is 0.701. The van der Waals surface area contributed by atoms with Crippen molar-refractivity contribution < 1.29 is 14.6 Å². The summed E-state index contributed by atoms with van der Waals surface area (Å²) in [7, 11) is 0. The number of aliphatic hydroxyl groups excluding tert-OH is 1. The maximum atomic E-state index is 10.6. The van der Waals surface area contributed by atoms with Gasteiger partial charge in [-0.1, -0.05) is 43.3 Å². The van der Waals surface area contributed by atoms with E-state index >= 15 is 0 Å². The third kappa shape index (κ3) is 5.73. The Kier molecular flexibility index (Phi) is 7.75. The van der Waals surface area contributed by atoms with Gasteiger partial charge in [-0.05, 0) is 49.4 Å². The molecule has 152 valence electrons. The summed E-state index contributed by atoms with van der Waals surface area (Å²) in [5.41, 5.74) is 2.52. The van der Waals surface area contributed by atoms with Crippen LogP contribution in [-0.2, 0) is 13.0 Å². The maximum Gasteiger partial charge on any atom is 0.161 e. The van der Waals surface area contributed by atoms with Crippen molar-refractivity contribution in [3.8, 4) is 11.5 Å². The highest BCUT2D eigenvalue weighted by atomic mass is 16.5. The zero-order valence-electron chi connectivity index (χ0n) is 17.1. The minimum Gasteiger partial charge on any atom is -0.490 e. The van der Waals surface area contributed by atoms with Gasteiger partial charge in [-0.3, -0.25) is 4.90 Å². The summed E-state index contributed by atoms with van der Waals surface area (Å²) in [6.07, 6.45) is 2.39. The number of benzene rings is 2. The lowest BCUT2D eigenvalue weighted by molar-refractivity contribution is 0.0239. The SMILES string of the molecule is CCCOc1ccc(CC2CN(Cc3ccccc3)CCC2O)cc1OCC. The molecular weight excluding hydrogens is 350 g/mol. The van der Waals surface area contributed by atoms with Gasteiger partial charge in [-0.2, -0.15) is 0 Å². The number of likely N-dealkylation sites (tertiary alicyclic amines) is 1. The van der Waals surface area contributed by atoms with E-state index in [4.69, 9.17) is 9.47 Å². The summed E-state index contributed by atoms with van der Waals surface area (Å²) >= 11 is 0. The van der Waals surface area contributed by atoms with E-state index in [1.165, 1.54) is 11.1 Å². The molecular formula is C24H33NO3. The number of hydrogen-bond acceptors (Lipinski definition) is 4. The average molecular weight is 384 g/mol. The third-order valence-corrected chi connectivity index (χ3v) is 5.29. The first-order valence-electron chi connectivity index (χ1n) is 10.5. The number of piperidine rings is 1. The summed E-state index contributed by atoms with van der Waals surface area (Å²) in [6.45, 7) is 8.19. The zero-order chi connectivity index (χ0) is 19.8. The van der Waals surface area contributed by atoms with Gasteiger partial charge >= 0.3 is 0 Å². The highest BCUT2D eigenvalue weighted by Crippen LogP contribution is 2.31. The van der Waals surface area contributed by atoms with Crippen LogP contribution < -0.4 is 9.47 Å². The van der Waals surface area contributed by atoms with Crippen LogP contribution >= 0.6 is 0 Å². The van der Waals surface area contributed by atoms with Gasteiger partial charge in [0.25, 0.3) is 0 Å². The minimum atomic E-state index is -0.251. The number of aliphatic hydroxyl groups is 1. The molecule has 1 N–H and O–H groups in total. The second-order valence-electron chi connectivity index (χ2n) is 7.60. The number of hydrogen-bond donors (Lipinski definition) is 1. The van der Waals surface area contributed by atoms with Crippen molar-refractivity contribution in [3.05, 3.63) is 59.7 Å². The first-order valence-corrected chi connectivity index (χ1v) is 10.5. The number of ether oxygens (including phenoxy) is 2. The number of nitrogens with zero attached hydrogens (tertiary/aromatic N) is 1. The first-order chi connectivity index (χ1) is 13.7. The molecule has 0 radical (unpaired) electrons. The molecule has 1 aliphatic rings. The Hall–Kier alpha value is -2.04. The lowest BCUT2D eigenvalue weighted by atomic mass is 9.88. The highest BCUT2D eigenvalue weighted by molar-refractivity contribution is 5.43. The van der Waals surface area contributed by atoms with Gasteiger partial charge in [0.05, 0.1) is 19.3 Å². The summed E-state index contributed by atoms with van der Waals surface area (Å²) in [4.78, 5) is 2.45. The van der Waals surface area contributed by atoms with Crippen molar-refractivity contribution in [2.45, 2.75) is 45.8 Å². The molecule has 0 spiro atoms. The Morgan fingerprint density at radius 2 is 1.82 bits per heavy atom. The zero-order valence-corrected chi connectivity index (χ0v) is 17.1. The van der Waals surface area contributed by atoms with Crippen LogP contribution in [0.1, 0.15) is 37.8 Å². The van der Waals surface area contributed by atoms with Gasteiger partial charge in [0.2, 0.25) is 0 Å². The predicted octanol–water partition coefficient (Wildman–Crippen LogP) is 4.30. The molecule has 4 heteroatoms. The molecule has 2 unspecified atom stereocenters. The molecule has 2 aromatic rings. The van der Waals surface area contributed by atoms with E-state index < -0.39 is 0 Å². The Labute approximate surface area is 169 Å². The molecule has 1 heterocycles. The molecule has 1 saturated heterocycles. The van der Waals surface area contributed by atoms with Crippen LogP contribution in [0.5, 0.6) is 11.5 Å². The van der Waals surface area contributed by atoms with E-state index in [1.807, 2.05) is 13.0 Å². The van der Waals surface area contributed by atoms with Crippen molar-refractivity contribution in [2.75, 3.05) is 26.3 Å². The van der Waals surface area contributed by atoms with Crippen molar-refractivity contribution in [3.63, 3.8) is 0 Å². The van der Waals surface area contributed by atoms with Crippen LogP contribution in [0.3, 0.4) is 0 Å². The number of rotatable bonds is 9. The van der Waals surface area contributed by atoms with Crippen molar-refractivity contribution >= 4 is 0 Å². The monoisotopic (exact) mass is 383 g/mol. The summed E-state index contributed by atoms with van der Waals surface area (Å²) in [5.74, 6) is 1.84. The van der Waals surface area contributed by atoms with Gasteiger partial charge < -0.3 is 14.6 Å². The van der Waals surface area contributed by atoms with E-state index in [2.05, 4.69) is 54.3 Å². The molecule has 0 saturated carbocycles. The Morgan fingerprint density at radius 1 is 1.00 bits per heavy atom. The van der Waals surface area contributed by atoms with Gasteiger partial charge in [-0.15, -0.1) is 0 Å². The summed E-state index contributed by atoms with van der Waals surface area (Å²) in [5, 5.41) is 10.6. The lowest BCUT2D eigenvalue weighted by Gasteiger charge is -2.36. The fourth-order valence-electron chi connectivity index (χ4n) is 3.86. The Balaban J connectivity index is 1.66. The molecule has 28 heavy (non-hydrogen) atoms. The smallest absolute Gasteiger partial charge is 0.161 e. The standard InChI is InChI=1S/C24H33NO3/c1-3-14-28-23-11-10-20(16-24(23)27-4-2)15-21-18-25(13-12-22(21)26)17-19-8-6-5-7-9-19/h5-11,16,21-22,26H,3-4,12-15,17-18H2,1-2H3. The normalized spacial score (nSPS) is 20.1. The molecule has 2 aromatic carbocycles. The van der Waals surface area contributed by atoms with Gasteiger partial charge in [0.1, 0.15) is 0 Å². The lowest BCUT2D eigenvalue weighted by Crippen LogP contribution is -2.43. The minimum absolute atomic E-state index is 0.231. The van der Waals surface area contributed by atoms with E-state index in [1.54, 1.807) is 0 Å². The molecule has 2 atom stereocenters. The van der Waals surface area contributed by atoms with E-state index in [0.717, 1.165) is 50.4 Å². The molecule has 0 aliphatic carbocycles. The van der Waals surface area contributed by atoms with Gasteiger partial charge in [0.15, 0.2) is 11.5 Å². The van der Waals surface area contributed by atoms with E-state index in [9.17, 15) is 5.11 Å². The van der Waals surface area contributed by atoms with E-state index in [0.29, 0.717) is 13.2 Å². The molecule has 3 rings (SSSR count). The van der Waals surface area contributed by atoms with Gasteiger partial charge in [-0.25, -0.2) is 0 Å². The Morgan fingerprint density at radius 3 is 2.57 bits per heavy atom. The van der Waals surface area contributed by atoms with Crippen LogP contribution in [0.4, 0.5) is 0 Å². The second-order valence-corrected chi connectivity index (χ2v) is 7.60. The molecule has 0 bridgehead atoms. The third-order valence-electron chi connectivity index (χ3n) is 5.29. The molecule has 0 aromatic heterocycles. The summed E-state index contributed by atoms with van der Waals surface area (Å²) < 4.78 is 11.6. The molecule has 1 fully saturated rings. The summed E-state index contributed by atoms with van der Waals surface area (Å²) in [6, 6.07) is 16.8. The van der Waals surface area contributed by atoms with E-state index in [-0.39, 0.29) is 12.0 Å². The largest absolute Gasteiger partial charge is 0.490 e. The first kappa shape index (κ1) is 20.7. The van der Waals surface area contributed by atoms with Crippen LogP contribution in [0.15, 0.2) is 48.5 Å². The van der Waals surface area contributed by atoms with Crippen LogP contribution in [-0.4, -0.2) is 42.4 Å². The topological polar surface area (TPSA) is 41.9 Å². The van der Waals surface area contributed by atoms with Crippen LogP contribution in [0.2, 0.25) is 0 Å². The Bertz CT molecular complexity index is 719. The predicted molar refractivity (Wildman–Crippen MR) is 113 cm³/mol. The molecule has 0 amide bonds. The maximum absolute atomic E-state index is 10.6. The average Bonchev–Trinajstić information content (AvgIpc) is 2.71. The second kappa shape index (κ2) is 10.5. The van der Waals surface area contributed by atoms with Crippen molar-refractivity contribution in [1.82, 2.24) is 4.90 Å². The van der Waals surface area contributed by atoms with Crippen molar-refractivity contribution in [2.24, 2.45) is 5.92 Å². The van der Waals surface area contributed by atoms with Crippen LogP contribution in [0.25, 0.3) is 0 Å². The fourth-order valence-corrected chi connectivity index (χ4v) is 3.86. The van der Waals surface area contributed by atoms with Crippen LogP contribution in [0, 0.1) is 5.92 Å². The van der Waals surface area contributed by atoms with Gasteiger partial charge in [0, 0.05) is 25.6 Å².